The Kier molecular flexibility index (Phi) is 4.74. The SMILES string of the molecule is CCNC(=O)Nc1cc(C(F)(F)F)c(C(C)C)cn1. The Morgan fingerprint density at radius 3 is 2.53 bits per heavy atom. The van der Waals surface area contributed by atoms with Crippen LogP contribution in [0.4, 0.5) is 23.8 Å². The van der Waals surface area contributed by atoms with Gasteiger partial charge in [0.1, 0.15) is 5.82 Å². The van der Waals surface area contributed by atoms with Gasteiger partial charge in [-0.1, -0.05) is 13.8 Å². The second-order valence-corrected chi connectivity index (χ2v) is 4.29. The van der Waals surface area contributed by atoms with Crippen molar-refractivity contribution >= 4 is 11.8 Å². The van der Waals surface area contributed by atoms with Crippen LogP contribution in [0.1, 0.15) is 37.8 Å². The van der Waals surface area contributed by atoms with E-state index >= 15 is 0 Å². The summed E-state index contributed by atoms with van der Waals surface area (Å²) in [5.74, 6) is -0.426. The highest BCUT2D eigenvalue weighted by Gasteiger charge is 2.34. The summed E-state index contributed by atoms with van der Waals surface area (Å²) in [6.45, 7) is 5.39. The second-order valence-electron chi connectivity index (χ2n) is 4.29. The number of hydrogen-bond acceptors (Lipinski definition) is 2. The first-order valence-corrected chi connectivity index (χ1v) is 5.87. The number of carbonyl (C=O) groups is 1. The summed E-state index contributed by atoms with van der Waals surface area (Å²) >= 11 is 0. The van der Waals surface area contributed by atoms with Crippen LogP contribution < -0.4 is 10.6 Å². The van der Waals surface area contributed by atoms with E-state index in [1.165, 1.54) is 0 Å². The number of amides is 2. The van der Waals surface area contributed by atoms with E-state index in [1.807, 2.05) is 0 Å². The molecule has 0 saturated carbocycles. The first-order chi connectivity index (χ1) is 8.75. The molecule has 2 N–H and O–H groups in total. The van der Waals surface area contributed by atoms with Gasteiger partial charge in [-0.15, -0.1) is 0 Å². The second kappa shape index (κ2) is 5.90. The van der Waals surface area contributed by atoms with Gasteiger partial charge in [-0.3, -0.25) is 5.32 Å². The number of pyridine rings is 1. The predicted molar refractivity (Wildman–Crippen MR) is 66.0 cm³/mol. The summed E-state index contributed by atoms with van der Waals surface area (Å²) in [5.41, 5.74) is -0.668. The molecule has 0 radical (unpaired) electrons. The molecule has 0 saturated heterocycles. The molecule has 0 aromatic carbocycles. The van der Waals surface area contributed by atoms with Crippen molar-refractivity contribution in [3.63, 3.8) is 0 Å². The molecule has 0 aliphatic rings. The third-order valence-corrected chi connectivity index (χ3v) is 2.44. The topological polar surface area (TPSA) is 54.0 Å². The van der Waals surface area contributed by atoms with Gasteiger partial charge >= 0.3 is 12.2 Å². The zero-order valence-corrected chi connectivity index (χ0v) is 10.9. The average Bonchev–Trinajstić information content (AvgIpc) is 2.27. The Labute approximate surface area is 109 Å². The molecule has 7 heteroatoms. The molecule has 1 aromatic rings. The van der Waals surface area contributed by atoms with Gasteiger partial charge in [0.05, 0.1) is 5.56 Å². The number of urea groups is 1. The molecule has 1 heterocycles. The highest BCUT2D eigenvalue weighted by molar-refractivity contribution is 5.88. The van der Waals surface area contributed by atoms with Crippen molar-refractivity contribution in [1.82, 2.24) is 10.3 Å². The number of nitrogens with one attached hydrogen (secondary N) is 2. The molecular weight excluding hydrogens is 259 g/mol. The van der Waals surface area contributed by atoms with E-state index in [9.17, 15) is 18.0 Å². The van der Waals surface area contributed by atoms with E-state index < -0.39 is 17.8 Å². The van der Waals surface area contributed by atoms with Gasteiger partial charge in [0.15, 0.2) is 0 Å². The molecule has 4 nitrogen and oxygen atoms in total. The normalized spacial score (nSPS) is 11.5. The maximum atomic E-state index is 12.9. The summed E-state index contributed by atoms with van der Waals surface area (Å²) in [6, 6.07) is 0.269. The minimum absolute atomic E-state index is 0.106. The number of nitrogens with zero attached hydrogens (tertiary/aromatic N) is 1. The van der Waals surface area contributed by atoms with E-state index in [0.29, 0.717) is 6.54 Å². The van der Waals surface area contributed by atoms with Crippen molar-refractivity contribution in [2.75, 3.05) is 11.9 Å². The predicted octanol–water partition coefficient (Wildman–Crippen LogP) is 3.37. The van der Waals surface area contributed by atoms with Crippen LogP contribution >= 0.6 is 0 Å². The van der Waals surface area contributed by atoms with Crippen LogP contribution in [0.5, 0.6) is 0 Å². The minimum atomic E-state index is -4.47. The highest BCUT2D eigenvalue weighted by atomic mass is 19.4. The Morgan fingerprint density at radius 2 is 2.05 bits per heavy atom. The van der Waals surface area contributed by atoms with E-state index in [4.69, 9.17) is 0 Å². The lowest BCUT2D eigenvalue weighted by Gasteiger charge is -2.16. The first-order valence-electron chi connectivity index (χ1n) is 5.87. The number of anilines is 1. The molecule has 19 heavy (non-hydrogen) atoms. The van der Waals surface area contributed by atoms with Crippen molar-refractivity contribution in [3.05, 3.63) is 23.4 Å². The number of aromatic nitrogens is 1. The number of rotatable bonds is 3. The number of hydrogen-bond donors (Lipinski definition) is 2. The van der Waals surface area contributed by atoms with Crippen LogP contribution in [0.25, 0.3) is 0 Å². The summed E-state index contributed by atoms with van der Waals surface area (Å²) < 4.78 is 38.8. The minimum Gasteiger partial charge on any atom is -0.338 e. The molecule has 0 spiro atoms. The van der Waals surface area contributed by atoms with E-state index in [0.717, 1.165) is 12.3 Å². The van der Waals surface area contributed by atoms with Crippen molar-refractivity contribution in [1.29, 1.82) is 0 Å². The third kappa shape index (κ3) is 4.11. The lowest BCUT2D eigenvalue weighted by molar-refractivity contribution is -0.138. The zero-order valence-electron chi connectivity index (χ0n) is 10.9. The molecule has 1 aromatic heterocycles. The van der Waals surface area contributed by atoms with Gasteiger partial charge in [-0.2, -0.15) is 13.2 Å². The quantitative estimate of drug-likeness (QED) is 0.888. The van der Waals surface area contributed by atoms with Gasteiger partial charge < -0.3 is 5.32 Å². The maximum Gasteiger partial charge on any atom is 0.416 e. The smallest absolute Gasteiger partial charge is 0.338 e. The van der Waals surface area contributed by atoms with Crippen LogP contribution in [-0.2, 0) is 6.18 Å². The molecule has 0 aliphatic heterocycles. The standard InChI is InChI=1S/C12H16F3N3O/c1-4-16-11(19)18-10-5-9(12(13,14)15)8(6-17-10)7(2)3/h5-7H,4H2,1-3H3,(H2,16,17,18,19). The average molecular weight is 275 g/mol. The Hall–Kier alpha value is -1.79. The first kappa shape index (κ1) is 15.3. The fraction of sp³-hybridized carbons (Fsp3) is 0.500. The van der Waals surface area contributed by atoms with Crippen LogP contribution in [0.2, 0.25) is 0 Å². The Morgan fingerprint density at radius 1 is 1.42 bits per heavy atom. The van der Waals surface area contributed by atoms with E-state index in [1.54, 1.807) is 20.8 Å². The fourth-order valence-corrected chi connectivity index (χ4v) is 1.56. The molecule has 0 aliphatic carbocycles. The van der Waals surface area contributed by atoms with Gasteiger partial charge in [0.2, 0.25) is 0 Å². The summed E-state index contributed by atoms with van der Waals surface area (Å²) in [6.07, 6.45) is -3.32. The van der Waals surface area contributed by atoms with Crippen molar-refractivity contribution in [2.24, 2.45) is 0 Å². The van der Waals surface area contributed by atoms with Crippen LogP contribution in [-0.4, -0.2) is 17.6 Å². The van der Waals surface area contributed by atoms with Gasteiger partial charge in [-0.05, 0) is 24.5 Å². The van der Waals surface area contributed by atoms with Crippen LogP contribution in [0, 0.1) is 0 Å². The molecule has 2 amide bonds. The zero-order chi connectivity index (χ0) is 14.6. The van der Waals surface area contributed by atoms with E-state index in [2.05, 4.69) is 15.6 Å². The number of halogens is 3. The highest BCUT2D eigenvalue weighted by Crippen LogP contribution is 2.35. The molecule has 1 rings (SSSR count). The maximum absolute atomic E-state index is 12.9. The fourth-order valence-electron chi connectivity index (χ4n) is 1.56. The molecule has 0 fully saturated rings. The van der Waals surface area contributed by atoms with Crippen molar-refractivity contribution < 1.29 is 18.0 Å². The molecule has 0 bridgehead atoms. The lowest BCUT2D eigenvalue weighted by atomic mass is 9.99. The number of carbonyl (C=O) groups excluding carboxylic acids is 1. The van der Waals surface area contributed by atoms with Gasteiger partial charge in [0.25, 0.3) is 0 Å². The summed E-state index contributed by atoms with van der Waals surface area (Å²) in [4.78, 5) is 15.1. The molecule has 0 atom stereocenters. The van der Waals surface area contributed by atoms with E-state index in [-0.39, 0.29) is 17.3 Å². The Bertz CT molecular complexity index is 458. The molecule has 0 unspecified atom stereocenters. The van der Waals surface area contributed by atoms with Crippen LogP contribution in [0.3, 0.4) is 0 Å². The lowest BCUT2D eigenvalue weighted by Crippen LogP contribution is -2.28. The summed E-state index contributed by atoms with van der Waals surface area (Å²) in [7, 11) is 0. The third-order valence-electron chi connectivity index (χ3n) is 2.44. The molecular formula is C12H16F3N3O. The van der Waals surface area contributed by atoms with Gasteiger partial charge in [-0.25, -0.2) is 9.78 Å². The molecule has 106 valence electrons. The van der Waals surface area contributed by atoms with Crippen molar-refractivity contribution in [3.8, 4) is 0 Å². The largest absolute Gasteiger partial charge is 0.416 e. The van der Waals surface area contributed by atoms with Crippen LogP contribution in [0.15, 0.2) is 12.3 Å². The summed E-state index contributed by atoms with van der Waals surface area (Å²) in [5, 5.41) is 4.68. The van der Waals surface area contributed by atoms with Crippen molar-refractivity contribution in [2.45, 2.75) is 32.9 Å². The number of alkyl halides is 3. The van der Waals surface area contributed by atoms with Gasteiger partial charge in [0, 0.05) is 12.7 Å². The monoisotopic (exact) mass is 275 g/mol. The Balaban J connectivity index is 3.09.